The van der Waals surface area contributed by atoms with E-state index in [2.05, 4.69) is 10.6 Å². The number of nitrogens with zero attached hydrogens (tertiary/aromatic N) is 1. The molecule has 0 bridgehead atoms. The molecule has 0 spiro atoms. The fraction of sp³-hybridized carbons (Fsp3) is 0.593. The van der Waals surface area contributed by atoms with Crippen molar-refractivity contribution < 1.29 is 19.5 Å². The Morgan fingerprint density at radius 2 is 1.53 bits per heavy atom. The van der Waals surface area contributed by atoms with Crippen LogP contribution in [-0.4, -0.2) is 60.0 Å². The highest BCUT2D eigenvalue weighted by Crippen LogP contribution is 2.29. The predicted octanol–water partition coefficient (Wildman–Crippen LogP) is 3.60. The molecule has 0 aliphatic heterocycles. The molecule has 0 aliphatic carbocycles. The fourth-order valence-corrected chi connectivity index (χ4v) is 4.16. The summed E-state index contributed by atoms with van der Waals surface area (Å²) in [5.74, 6) is -1.56. The van der Waals surface area contributed by atoms with E-state index in [1.54, 1.807) is 25.1 Å². The summed E-state index contributed by atoms with van der Waals surface area (Å²) < 4.78 is 0. The second kappa shape index (κ2) is 11.6. The molecule has 1 aromatic rings. The van der Waals surface area contributed by atoms with Crippen molar-refractivity contribution in [1.29, 1.82) is 0 Å². The van der Waals surface area contributed by atoms with E-state index >= 15 is 0 Å². The summed E-state index contributed by atoms with van der Waals surface area (Å²) in [5.41, 5.74) is 0.0895. The van der Waals surface area contributed by atoms with Gasteiger partial charge in [-0.1, -0.05) is 84.9 Å². The van der Waals surface area contributed by atoms with E-state index in [4.69, 9.17) is 0 Å². The lowest BCUT2D eigenvalue weighted by atomic mass is 9.76. The number of carbonyl (C=O) groups is 3. The van der Waals surface area contributed by atoms with E-state index in [1.165, 1.54) is 6.92 Å². The fourth-order valence-electron chi connectivity index (χ4n) is 4.16. The molecule has 0 fully saturated rings. The second-order valence-electron chi connectivity index (χ2n) is 11.0. The van der Waals surface area contributed by atoms with Crippen molar-refractivity contribution >= 4 is 17.8 Å². The van der Waals surface area contributed by atoms with Crippen LogP contribution in [0, 0.1) is 11.3 Å². The third-order valence-corrected chi connectivity index (χ3v) is 6.43. The van der Waals surface area contributed by atoms with Crippen molar-refractivity contribution in [3.05, 3.63) is 47.5 Å². The number of aliphatic carboxylic acids is 1. The number of carboxylic acids is 1. The number of rotatable bonds is 10. The smallest absolute Gasteiger partial charge is 0.331 e. The number of hydrogen-bond donors (Lipinski definition) is 3. The molecule has 0 saturated heterocycles. The normalized spacial score (nSPS) is 15.4. The molecule has 7 heteroatoms. The third-order valence-electron chi connectivity index (χ3n) is 6.43. The molecule has 1 rings (SSSR count). The van der Waals surface area contributed by atoms with Gasteiger partial charge < -0.3 is 20.6 Å². The van der Waals surface area contributed by atoms with Crippen molar-refractivity contribution in [2.75, 3.05) is 14.1 Å². The van der Waals surface area contributed by atoms with E-state index in [0.717, 1.165) is 5.56 Å². The Kier molecular flexibility index (Phi) is 10.1. The first kappa shape index (κ1) is 29.4. The van der Waals surface area contributed by atoms with Gasteiger partial charge in [-0.15, -0.1) is 0 Å². The van der Waals surface area contributed by atoms with Crippen molar-refractivity contribution in [2.24, 2.45) is 11.3 Å². The van der Waals surface area contributed by atoms with Crippen LogP contribution in [0.2, 0.25) is 0 Å². The van der Waals surface area contributed by atoms with Gasteiger partial charge in [-0.25, -0.2) is 4.79 Å². The van der Waals surface area contributed by atoms with Crippen LogP contribution in [0.25, 0.3) is 0 Å². The Hall–Kier alpha value is -2.67. The average molecular weight is 474 g/mol. The van der Waals surface area contributed by atoms with Crippen molar-refractivity contribution in [3.8, 4) is 0 Å². The van der Waals surface area contributed by atoms with E-state index in [1.807, 2.05) is 78.8 Å². The SMILES string of the molecule is CN[C@H](C(=O)N[C@@H](C(=O)N(C)[C@H](/C=C(\C)C(=O)O)C(C)C)C(C)(C)C)C(C)(C)c1ccccc1. The summed E-state index contributed by atoms with van der Waals surface area (Å²) in [6.45, 7) is 15.1. The van der Waals surface area contributed by atoms with Gasteiger partial charge >= 0.3 is 5.97 Å². The highest BCUT2D eigenvalue weighted by atomic mass is 16.4. The zero-order valence-electron chi connectivity index (χ0n) is 22.4. The highest BCUT2D eigenvalue weighted by Gasteiger charge is 2.41. The summed E-state index contributed by atoms with van der Waals surface area (Å²) in [5, 5.41) is 15.5. The van der Waals surface area contributed by atoms with Gasteiger partial charge in [-0.2, -0.15) is 0 Å². The Balaban J connectivity index is 3.29. The minimum atomic E-state index is -1.02. The highest BCUT2D eigenvalue weighted by molar-refractivity contribution is 5.91. The predicted molar refractivity (Wildman–Crippen MR) is 136 cm³/mol. The molecular formula is C27H43N3O4. The second-order valence-corrected chi connectivity index (χ2v) is 11.0. The van der Waals surface area contributed by atoms with Gasteiger partial charge in [0.05, 0.1) is 12.1 Å². The Morgan fingerprint density at radius 3 is 1.94 bits per heavy atom. The number of benzene rings is 1. The Bertz CT molecular complexity index is 885. The van der Waals surface area contributed by atoms with Crippen LogP contribution in [0.1, 0.15) is 61.0 Å². The van der Waals surface area contributed by atoms with Crippen molar-refractivity contribution in [2.45, 2.75) is 78.9 Å². The minimum absolute atomic E-state index is 0.0124. The molecule has 1 aromatic carbocycles. The van der Waals surface area contributed by atoms with Crippen LogP contribution in [0.15, 0.2) is 42.0 Å². The standard InChI is InChI=1S/C27H43N3O4/c1-17(2)20(16-18(3)25(33)34)30(10)24(32)22(26(4,5)6)29-23(31)21(28-9)27(7,8)19-14-12-11-13-15-19/h11-17,20-22,28H,1-10H3,(H,29,31)(H,33,34)/b18-16+/t20-,21-,22+/m1/s1. The number of nitrogens with one attached hydrogen (secondary N) is 2. The molecular weight excluding hydrogens is 430 g/mol. The van der Waals surface area contributed by atoms with Crippen LogP contribution in [-0.2, 0) is 19.8 Å². The molecule has 3 N–H and O–H groups in total. The topological polar surface area (TPSA) is 98.7 Å². The summed E-state index contributed by atoms with van der Waals surface area (Å²) in [6, 6.07) is 7.99. The molecule has 2 amide bonds. The van der Waals surface area contributed by atoms with E-state index < -0.39 is 34.9 Å². The van der Waals surface area contributed by atoms with E-state index in [9.17, 15) is 19.5 Å². The largest absolute Gasteiger partial charge is 0.478 e. The van der Waals surface area contributed by atoms with Crippen LogP contribution < -0.4 is 10.6 Å². The van der Waals surface area contributed by atoms with Crippen molar-refractivity contribution in [3.63, 3.8) is 0 Å². The van der Waals surface area contributed by atoms with Gasteiger partial charge in [0, 0.05) is 18.0 Å². The molecule has 0 heterocycles. The zero-order chi connectivity index (χ0) is 26.4. The number of carboxylic acid groups (broad SMARTS) is 1. The minimum Gasteiger partial charge on any atom is -0.478 e. The van der Waals surface area contributed by atoms with Crippen LogP contribution in [0.3, 0.4) is 0 Å². The molecule has 190 valence electrons. The lowest BCUT2D eigenvalue weighted by Crippen LogP contribution is -2.61. The molecule has 34 heavy (non-hydrogen) atoms. The van der Waals surface area contributed by atoms with Crippen LogP contribution in [0.5, 0.6) is 0 Å². The van der Waals surface area contributed by atoms with Gasteiger partial charge in [0.15, 0.2) is 0 Å². The number of amides is 2. The Labute approximate surface area is 205 Å². The van der Waals surface area contributed by atoms with Crippen molar-refractivity contribution in [1.82, 2.24) is 15.5 Å². The van der Waals surface area contributed by atoms with Gasteiger partial charge in [-0.05, 0) is 30.9 Å². The summed E-state index contributed by atoms with van der Waals surface area (Å²) in [4.78, 5) is 40.1. The molecule has 0 saturated carbocycles. The lowest BCUT2D eigenvalue weighted by molar-refractivity contribution is -0.141. The molecule has 0 aromatic heterocycles. The van der Waals surface area contributed by atoms with Gasteiger partial charge in [0.25, 0.3) is 0 Å². The quantitative estimate of drug-likeness (QED) is 0.451. The molecule has 0 unspecified atom stereocenters. The molecule has 0 aliphatic rings. The first-order chi connectivity index (χ1) is 15.5. The Morgan fingerprint density at radius 1 is 1.00 bits per heavy atom. The number of carbonyl (C=O) groups excluding carboxylic acids is 2. The maximum Gasteiger partial charge on any atom is 0.331 e. The van der Waals surface area contributed by atoms with E-state index in [-0.39, 0.29) is 23.3 Å². The zero-order valence-corrected chi connectivity index (χ0v) is 22.4. The lowest BCUT2D eigenvalue weighted by Gasteiger charge is -2.39. The average Bonchev–Trinajstić information content (AvgIpc) is 2.74. The number of likely N-dealkylation sites (N-methyl/N-ethyl adjacent to an activating group) is 2. The van der Waals surface area contributed by atoms with Crippen LogP contribution >= 0.6 is 0 Å². The summed E-state index contributed by atoms with van der Waals surface area (Å²) in [6.07, 6.45) is 1.60. The summed E-state index contributed by atoms with van der Waals surface area (Å²) in [7, 11) is 3.40. The number of hydrogen-bond acceptors (Lipinski definition) is 4. The monoisotopic (exact) mass is 473 g/mol. The van der Waals surface area contributed by atoms with Crippen LogP contribution in [0.4, 0.5) is 0 Å². The summed E-state index contributed by atoms with van der Waals surface area (Å²) >= 11 is 0. The first-order valence-electron chi connectivity index (χ1n) is 11.8. The van der Waals surface area contributed by atoms with Gasteiger partial charge in [-0.3, -0.25) is 9.59 Å². The maximum absolute atomic E-state index is 13.7. The van der Waals surface area contributed by atoms with E-state index in [0.29, 0.717) is 0 Å². The first-order valence-corrected chi connectivity index (χ1v) is 11.8. The van der Waals surface area contributed by atoms with Gasteiger partial charge in [0.1, 0.15) is 6.04 Å². The molecule has 0 radical (unpaired) electrons. The van der Waals surface area contributed by atoms with Gasteiger partial charge in [0.2, 0.25) is 11.8 Å². The molecule has 3 atom stereocenters. The third kappa shape index (κ3) is 7.16. The maximum atomic E-state index is 13.7. The molecule has 7 nitrogen and oxygen atoms in total.